The summed E-state index contributed by atoms with van der Waals surface area (Å²) in [6.45, 7) is 1.76. The van der Waals surface area contributed by atoms with Gasteiger partial charge in [0.1, 0.15) is 6.33 Å². The molecule has 0 amide bonds. The standard InChI is InChI=1S/C11H8FN3O3/c1-7-2-3-8(15(16)17)9(4-7)18-11-5-10(12)13-6-14-11/h2-6H,1H3. The largest absolute Gasteiger partial charge is 0.432 e. The fourth-order valence-electron chi connectivity index (χ4n) is 1.34. The molecule has 0 bridgehead atoms. The van der Waals surface area contributed by atoms with Crippen molar-refractivity contribution < 1.29 is 14.1 Å². The minimum Gasteiger partial charge on any atom is -0.432 e. The lowest BCUT2D eigenvalue weighted by atomic mass is 10.2. The molecule has 0 N–H and O–H groups in total. The molecular weight excluding hydrogens is 241 g/mol. The van der Waals surface area contributed by atoms with Gasteiger partial charge in [0.25, 0.3) is 0 Å². The van der Waals surface area contributed by atoms with E-state index in [2.05, 4.69) is 9.97 Å². The van der Waals surface area contributed by atoms with Gasteiger partial charge in [-0.2, -0.15) is 4.39 Å². The van der Waals surface area contributed by atoms with Crippen molar-refractivity contribution in [2.24, 2.45) is 0 Å². The van der Waals surface area contributed by atoms with Crippen LogP contribution in [0.4, 0.5) is 10.1 Å². The van der Waals surface area contributed by atoms with Gasteiger partial charge in [0.05, 0.1) is 11.0 Å². The number of ether oxygens (including phenoxy) is 1. The molecule has 2 rings (SSSR count). The fraction of sp³-hybridized carbons (Fsp3) is 0.0909. The van der Waals surface area contributed by atoms with Gasteiger partial charge >= 0.3 is 5.69 Å². The second kappa shape index (κ2) is 4.74. The highest BCUT2D eigenvalue weighted by molar-refractivity contribution is 5.49. The number of aromatic nitrogens is 2. The summed E-state index contributed by atoms with van der Waals surface area (Å²) in [4.78, 5) is 17.2. The Hall–Kier alpha value is -2.57. The molecule has 0 aliphatic rings. The number of nitro groups is 1. The molecule has 0 saturated heterocycles. The van der Waals surface area contributed by atoms with E-state index in [-0.39, 0.29) is 17.3 Å². The summed E-state index contributed by atoms with van der Waals surface area (Å²) in [6.07, 6.45) is 0.978. The molecule has 1 aromatic heterocycles. The normalized spacial score (nSPS) is 10.1. The highest BCUT2D eigenvalue weighted by Crippen LogP contribution is 2.31. The predicted octanol–water partition coefficient (Wildman–Crippen LogP) is 2.62. The van der Waals surface area contributed by atoms with Crippen LogP contribution < -0.4 is 4.74 Å². The molecule has 0 aliphatic carbocycles. The van der Waals surface area contributed by atoms with Crippen molar-refractivity contribution >= 4 is 5.69 Å². The Labute approximate surface area is 101 Å². The van der Waals surface area contributed by atoms with Crippen molar-refractivity contribution in [2.75, 3.05) is 0 Å². The van der Waals surface area contributed by atoms with Crippen LogP contribution in [0.2, 0.25) is 0 Å². The van der Waals surface area contributed by atoms with Crippen molar-refractivity contribution in [3.05, 3.63) is 52.2 Å². The number of rotatable bonds is 3. The lowest BCUT2D eigenvalue weighted by molar-refractivity contribution is -0.385. The summed E-state index contributed by atoms with van der Waals surface area (Å²) < 4.78 is 18.0. The van der Waals surface area contributed by atoms with Crippen LogP contribution in [0.15, 0.2) is 30.6 Å². The second-order valence-electron chi connectivity index (χ2n) is 3.51. The first-order chi connectivity index (χ1) is 8.56. The van der Waals surface area contributed by atoms with Gasteiger partial charge in [-0.15, -0.1) is 0 Å². The van der Waals surface area contributed by atoms with Gasteiger partial charge in [-0.1, -0.05) is 6.07 Å². The molecule has 6 nitrogen and oxygen atoms in total. The Morgan fingerprint density at radius 1 is 1.33 bits per heavy atom. The number of nitrogens with zero attached hydrogens (tertiary/aromatic N) is 3. The van der Waals surface area contributed by atoms with Gasteiger partial charge in [-0.05, 0) is 18.6 Å². The highest BCUT2D eigenvalue weighted by Gasteiger charge is 2.16. The topological polar surface area (TPSA) is 78.2 Å². The summed E-state index contributed by atoms with van der Waals surface area (Å²) in [6, 6.07) is 5.35. The van der Waals surface area contributed by atoms with Crippen molar-refractivity contribution in [1.82, 2.24) is 9.97 Å². The van der Waals surface area contributed by atoms with Gasteiger partial charge in [0, 0.05) is 6.07 Å². The third-order valence-electron chi connectivity index (χ3n) is 2.14. The van der Waals surface area contributed by atoms with Crippen LogP contribution in [0, 0.1) is 23.0 Å². The van der Waals surface area contributed by atoms with E-state index < -0.39 is 10.9 Å². The minimum absolute atomic E-state index is 0.0121. The smallest absolute Gasteiger partial charge is 0.311 e. The van der Waals surface area contributed by atoms with E-state index >= 15 is 0 Å². The van der Waals surface area contributed by atoms with Crippen LogP contribution in [-0.2, 0) is 0 Å². The van der Waals surface area contributed by atoms with E-state index in [9.17, 15) is 14.5 Å². The average Bonchev–Trinajstić information content (AvgIpc) is 2.28. The van der Waals surface area contributed by atoms with Gasteiger partial charge < -0.3 is 4.74 Å². The third-order valence-corrected chi connectivity index (χ3v) is 2.14. The molecule has 0 fully saturated rings. The molecule has 7 heteroatoms. The molecule has 1 heterocycles. The van der Waals surface area contributed by atoms with Crippen LogP contribution in [0.1, 0.15) is 5.56 Å². The van der Waals surface area contributed by atoms with E-state index in [1.54, 1.807) is 13.0 Å². The molecule has 0 saturated carbocycles. The predicted molar refractivity (Wildman–Crippen MR) is 59.9 cm³/mol. The van der Waals surface area contributed by atoms with Crippen LogP contribution in [0.25, 0.3) is 0 Å². The zero-order valence-corrected chi connectivity index (χ0v) is 9.33. The Morgan fingerprint density at radius 2 is 2.11 bits per heavy atom. The summed E-state index contributed by atoms with van der Waals surface area (Å²) in [5.74, 6) is -0.843. The molecule has 2 aromatic rings. The summed E-state index contributed by atoms with van der Waals surface area (Å²) >= 11 is 0. The van der Waals surface area contributed by atoms with E-state index in [1.807, 2.05) is 0 Å². The lowest BCUT2D eigenvalue weighted by Crippen LogP contribution is -1.96. The molecule has 0 unspecified atom stereocenters. The van der Waals surface area contributed by atoms with Gasteiger partial charge in [-0.25, -0.2) is 9.97 Å². The van der Waals surface area contributed by atoms with Crippen molar-refractivity contribution in [2.45, 2.75) is 6.92 Å². The van der Waals surface area contributed by atoms with Crippen molar-refractivity contribution in [3.8, 4) is 11.6 Å². The monoisotopic (exact) mass is 249 g/mol. The van der Waals surface area contributed by atoms with Crippen LogP contribution in [-0.4, -0.2) is 14.9 Å². The summed E-state index contributed by atoms with van der Waals surface area (Å²) in [5.41, 5.74) is 0.574. The highest BCUT2D eigenvalue weighted by atomic mass is 19.1. The van der Waals surface area contributed by atoms with Crippen LogP contribution in [0.5, 0.6) is 11.6 Å². The van der Waals surface area contributed by atoms with E-state index in [1.165, 1.54) is 12.1 Å². The van der Waals surface area contributed by atoms with Gasteiger partial charge in [0.2, 0.25) is 17.6 Å². The van der Waals surface area contributed by atoms with Crippen LogP contribution in [0.3, 0.4) is 0 Å². The Balaban J connectivity index is 2.39. The molecule has 0 atom stereocenters. The molecule has 0 radical (unpaired) electrons. The number of hydrogen-bond donors (Lipinski definition) is 0. The molecule has 0 aliphatic heterocycles. The SMILES string of the molecule is Cc1ccc([N+](=O)[O-])c(Oc2cc(F)ncn2)c1. The van der Waals surface area contributed by atoms with Crippen molar-refractivity contribution in [1.29, 1.82) is 0 Å². The first-order valence-electron chi connectivity index (χ1n) is 4.96. The van der Waals surface area contributed by atoms with E-state index in [0.717, 1.165) is 18.0 Å². The van der Waals surface area contributed by atoms with Crippen molar-refractivity contribution in [3.63, 3.8) is 0 Å². The van der Waals surface area contributed by atoms with E-state index in [0.29, 0.717) is 0 Å². The molecule has 18 heavy (non-hydrogen) atoms. The zero-order chi connectivity index (χ0) is 13.1. The number of benzene rings is 1. The Kier molecular flexibility index (Phi) is 3.13. The molecular formula is C11H8FN3O3. The zero-order valence-electron chi connectivity index (χ0n) is 9.33. The fourth-order valence-corrected chi connectivity index (χ4v) is 1.34. The molecule has 92 valence electrons. The summed E-state index contributed by atoms with van der Waals surface area (Å²) in [5, 5.41) is 10.8. The van der Waals surface area contributed by atoms with E-state index in [4.69, 9.17) is 4.74 Å². The first kappa shape index (κ1) is 11.9. The first-order valence-corrected chi connectivity index (χ1v) is 4.96. The van der Waals surface area contributed by atoms with Gasteiger partial charge in [-0.3, -0.25) is 10.1 Å². The third kappa shape index (κ3) is 2.57. The van der Waals surface area contributed by atoms with Gasteiger partial charge in [0.15, 0.2) is 0 Å². The quantitative estimate of drug-likeness (QED) is 0.474. The minimum atomic E-state index is -0.768. The summed E-state index contributed by atoms with van der Waals surface area (Å²) in [7, 11) is 0. The van der Waals surface area contributed by atoms with Crippen LogP contribution >= 0.6 is 0 Å². The number of nitro benzene ring substituents is 1. The maximum absolute atomic E-state index is 12.8. The maximum atomic E-state index is 12.8. The lowest BCUT2D eigenvalue weighted by Gasteiger charge is -2.05. The number of halogens is 1. The number of aryl methyl sites for hydroxylation is 1. The Morgan fingerprint density at radius 3 is 2.78 bits per heavy atom. The number of hydrogen-bond acceptors (Lipinski definition) is 5. The second-order valence-corrected chi connectivity index (χ2v) is 3.51. The average molecular weight is 249 g/mol. The molecule has 1 aromatic carbocycles. The maximum Gasteiger partial charge on any atom is 0.311 e. The Bertz CT molecular complexity index is 604. The molecule has 0 spiro atoms.